The van der Waals surface area contributed by atoms with Gasteiger partial charge in [0.15, 0.2) is 0 Å². The minimum atomic E-state index is -0.329. The molecule has 2 aromatic carbocycles. The molecular formula is C16H18FP. The van der Waals surface area contributed by atoms with Crippen LogP contribution in [0.15, 0.2) is 60.7 Å². The molecule has 0 spiro atoms. The van der Waals surface area contributed by atoms with Crippen LogP contribution < -0.4 is 10.6 Å². The minimum absolute atomic E-state index is 0.202. The molecule has 0 aliphatic heterocycles. The van der Waals surface area contributed by atoms with Crippen LogP contribution in [0.3, 0.4) is 0 Å². The summed E-state index contributed by atoms with van der Waals surface area (Å²) in [4.78, 5) is 0. The molecule has 0 N–H and O–H groups in total. The Balaban J connectivity index is 2.18. The van der Waals surface area contributed by atoms with E-state index in [4.69, 9.17) is 0 Å². The number of hydrogen-bond acceptors (Lipinski definition) is 0. The monoisotopic (exact) mass is 260 g/mol. The van der Waals surface area contributed by atoms with Crippen molar-refractivity contribution in [2.45, 2.75) is 12.8 Å². The molecule has 18 heavy (non-hydrogen) atoms. The second kappa shape index (κ2) is 7.28. The molecule has 0 radical (unpaired) electrons. The first-order valence-corrected chi connectivity index (χ1v) is 7.88. The largest absolute Gasteiger partial charge is 0.251 e. The van der Waals surface area contributed by atoms with E-state index in [2.05, 4.69) is 48.5 Å². The summed E-state index contributed by atoms with van der Waals surface area (Å²) in [6.07, 6.45) is 2.72. The molecule has 0 atom stereocenters. The van der Waals surface area contributed by atoms with Crippen LogP contribution in [0.2, 0.25) is 0 Å². The van der Waals surface area contributed by atoms with Gasteiger partial charge in [-0.1, -0.05) is 60.7 Å². The topological polar surface area (TPSA) is 0 Å². The number of halogens is 1. The maximum absolute atomic E-state index is 12.3. The summed E-state index contributed by atoms with van der Waals surface area (Å²) in [6, 6.07) is 21.2. The number of alkyl halides is 1. The lowest BCUT2D eigenvalue weighted by Crippen LogP contribution is -2.13. The second-order valence-corrected chi connectivity index (χ2v) is 6.55. The third kappa shape index (κ3) is 3.65. The highest BCUT2D eigenvalue weighted by Crippen LogP contribution is 2.34. The molecule has 0 amide bonds. The maximum Gasteiger partial charge on any atom is 0.0894 e. The molecule has 0 saturated heterocycles. The summed E-state index contributed by atoms with van der Waals surface area (Å²) < 4.78 is 12.3. The average Bonchev–Trinajstić information content (AvgIpc) is 2.46. The van der Waals surface area contributed by atoms with Crippen LogP contribution >= 0.6 is 7.92 Å². The number of rotatable bonds is 6. The molecule has 0 aliphatic carbocycles. The van der Waals surface area contributed by atoms with Crippen molar-refractivity contribution < 1.29 is 4.39 Å². The summed E-state index contributed by atoms with van der Waals surface area (Å²) in [5.74, 6) is 0. The van der Waals surface area contributed by atoms with Gasteiger partial charge in [-0.05, 0) is 37.5 Å². The first-order chi connectivity index (χ1) is 8.92. The van der Waals surface area contributed by atoms with Crippen LogP contribution in [0.5, 0.6) is 0 Å². The Morgan fingerprint density at radius 3 is 1.67 bits per heavy atom. The lowest BCUT2D eigenvalue weighted by atomic mass is 10.4. The number of unbranched alkanes of at least 4 members (excludes halogenated alkanes) is 1. The Labute approximate surface area is 110 Å². The van der Waals surface area contributed by atoms with Gasteiger partial charge in [-0.25, -0.2) is 0 Å². The van der Waals surface area contributed by atoms with Crippen LogP contribution in [-0.2, 0) is 0 Å². The van der Waals surface area contributed by atoms with Gasteiger partial charge in [-0.3, -0.25) is 4.39 Å². The lowest BCUT2D eigenvalue weighted by Gasteiger charge is -2.18. The third-order valence-electron chi connectivity index (χ3n) is 2.90. The van der Waals surface area contributed by atoms with E-state index in [0.29, 0.717) is 6.42 Å². The predicted octanol–water partition coefficient (Wildman–Crippen LogP) is 3.87. The molecule has 94 valence electrons. The van der Waals surface area contributed by atoms with Crippen molar-refractivity contribution in [2.24, 2.45) is 0 Å². The predicted molar refractivity (Wildman–Crippen MR) is 79.1 cm³/mol. The number of hydrogen-bond donors (Lipinski definition) is 0. The molecule has 2 rings (SSSR count). The smallest absolute Gasteiger partial charge is 0.0894 e. The normalized spacial score (nSPS) is 10.8. The highest BCUT2D eigenvalue weighted by Gasteiger charge is 2.12. The van der Waals surface area contributed by atoms with Crippen LogP contribution in [0.25, 0.3) is 0 Å². The van der Waals surface area contributed by atoms with Crippen molar-refractivity contribution in [3.63, 3.8) is 0 Å². The van der Waals surface area contributed by atoms with Gasteiger partial charge in [0.05, 0.1) is 6.67 Å². The minimum Gasteiger partial charge on any atom is -0.251 e. The van der Waals surface area contributed by atoms with Crippen molar-refractivity contribution in [3.8, 4) is 0 Å². The molecule has 0 bridgehead atoms. The van der Waals surface area contributed by atoms with E-state index >= 15 is 0 Å². The highest BCUT2D eigenvalue weighted by molar-refractivity contribution is 7.73. The average molecular weight is 260 g/mol. The summed E-state index contributed by atoms with van der Waals surface area (Å²) >= 11 is 0. The molecule has 2 heteroatoms. The fourth-order valence-corrected chi connectivity index (χ4v) is 4.41. The molecule has 0 fully saturated rings. The van der Waals surface area contributed by atoms with Crippen LogP contribution in [0.4, 0.5) is 4.39 Å². The SMILES string of the molecule is FCCCCP(c1ccccc1)c1ccccc1. The van der Waals surface area contributed by atoms with E-state index in [0.717, 1.165) is 12.6 Å². The Hall–Kier alpha value is -1.20. The van der Waals surface area contributed by atoms with Gasteiger partial charge in [0.25, 0.3) is 0 Å². The zero-order chi connectivity index (χ0) is 12.6. The molecule has 0 unspecified atom stereocenters. The van der Waals surface area contributed by atoms with Gasteiger partial charge in [0.2, 0.25) is 0 Å². The summed E-state index contributed by atoms with van der Waals surface area (Å²) in [6.45, 7) is -0.202. The first kappa shape index (κ1) is 13.2. The van der Waals surface area contributed by atoms with Crippen molar-refractivity contribution >= 4 is 18.5 Å². The Morgan fingerprint density at radius 2 is 1.22 bits per heavy atom. The van der Waals surface area contributed by atoms with E-state index in [-0.39, 0.29) is 14.6 Å². The lowest BCUT2D eigenvalue weighted by molar-refractivity contribution is 0.470. The van der Waals surface area contributed by atoms with Crippen molar-refractivity contribution in [1.82, 2.24) is 0 Å². The molecule has 0 nitrogen and oxygen atoms in total. The zero-order valence-corrected chi connectivity index (χ0v) is 11.3. The summed E-state index contributed by atoms with van der Waals surface area (Å²) in [5, 5.41) is 2.77. The van der Waals surface area contributed by atoms with E-state index in [1.54, 1.807) is 0 Å². The van der Waals surface area contributed by atoms with Gasteiger partial charge in [-0.15, -0.1) is 0 Å². The fraction of sp³-hybridized carbons (Fsp3) is 0.250. The van der Waals surface area contributed by atoms with E-state index < -0.39 is 0 Å². The molecule has 0 heterocycles. The second-order valence-electron chi connectivity index (χ2n) is 4.22. The summed E-state index contributed by atoms with van der Waals surface area (Å²) in [7, 11) is -0.329. The van der Waals surface area contributed by atoms with Gasteiger partial charge in [0, 0.05) is 0 Å². The maximum atomic E-state index is 12.3. The van der Waals surface area contributed by atoms with Crippen LogP contribution in [0, 0.1) is 0 Å². The highest BCUT2D eigenvalue weighted by atomic mass is 31.1. The van der Waals surface area contributed by atoms with Crippen molar-refractivity contribution in [2.75, 3.05) is 12.8 Å². The Morgan fingerprint density at radius 1 is 0.722 bits per heavy atom. The third-order valence-corrected chi connectivity index (χ3v) is 5.51. The van der Waals surface area contributed by atoms with Crippen molar-refractivity contribution in [3.05, 3.63) is 60.7 Å². The van der Waals surface area contributed by atoms with Crippen LogP contribution in [-0.4, -0.2) is 12.8 Å². The van der Waals surface area contributed by atoms with Gasteiger partial charge in [-0.2, -0.15) is 0 Å². The van der Waals surface area contributed by atoms with Crippen molar-refractivity contribution in [1.29, 1.82) is 0 Å². The molecule has 2 aromatic rings. The molecule has 0 saturated carbocycles. The van der Waals surface area contributed by atoms with Gasteiger partial charge in [0.1, 0.15) is 0 Å². The fourth-order valence-electron chi connectivity index (χ4n) is 1.99. The van der Waals surface area contributed by atoms with Crippen LogP contribution in [0.1, 0.15) is 12.8 Å². The molecule has 0 aliphatic rings. The van der Waals surface area contributed by atoms with Gasteiger partial charge >= 0.3 is 0 Å². The van der Waals surface area contributed by atoms with E-state index in [1.807, 2.05) is 12.1 Å². The standard InChI is InChI=1S/C16H18FP/c17-13-7-8-14-18(15-9-3-1-4-10-15)16-11-5-2-6-12-16/h1-6,9-12H,7-8,13-14H2. The molecular weight excluding hydrogens is 242 g/mol. The quantitative estimate of drug-likeness (QED) is 0.546. The number of benzene rings is 2. The first-order valence-electron chi connectivity index (χ1n) is 6.35. The summed E-state index contributed by atoms with van der Waals surface area (Å²) in [5.41, 5.74) is 0. The Kier molecular flexibility index (Phi) is 5.36. The Bertz CT molecular complexity index is 402. The van der Waals surface area contributed by atoms with E-state index in [1.165, 1.54) is 10.6 Å². The van der Waals surface area contributed by atoms with E-state index in [9.17, 15) is 4.39 Å². The van der Waals surface area contributed by atoms with Gasteiger partial charge < -0.3 is 0 Å². The zero-order valence-electron chi connectivity index (χ0n) is 10.4. The molecule has 0 aromatic heterocycles.